The molecule has 1 aromatic rings. The van der Waals surface area contributed by atoms with Gasteiger partial charge in [0.25, 0.3) is 0 Å². The molecule has 0 aromatic heterocycles. The first-order valence-corrected chi connectivity index (χ1v) is 4.59. The smallest absolute Gasteiger partial charge is 0.384 e. The van der Waals surface area contributed by atoms with Gasteiger partial charge in [0, 0.05) is 24.1 Å². The number of amides is 1. The lowest BCUT2D eigenvalue weighted by Crippen LogP contribution is -2.05. The highest BCUT2D eigenvalue weighted by Gasteiger charge is 1.95. The van der Waals surface area contributed by atoms with E-state index in [0.29, 0.717) is 11.3 Å². The van der Waals surface area contributed by atoms with Crippen molar-refractivity contribution >= 4 is 17.6 Å². The van der Waals surface area contributed by atoms with E-state index in [9.17, 15) is 9.59 Å². The Bertz CT molecular complexity index is 451. The van der Waals surface area contributed by atoms with Crippen LogP contribution in [0.3, 0.4) is 0 Å². The second kappa shape index (κ2) is 5.56. The fraction of sp³-hybridized carbons (Fsp3) is 0.167. The lowest BCUT2D eigenvalue weighted by Gasteiger charge is -2.00. The van der Waals surface area contributed by atoms with Crippen LogP contribution in [0.25, 0.3) is 0 Å². The zero-order valence-corrected chi connectivity index (χ0v) is 9.03. The molecule has 82 valence electrons. The molecule has 0 aliphatic carbocycles. The average molecular weight is 217 g/mol. The predicted octanol–water partition coefficient (Wildman–Crippen LogP) is 1.17. The number of nitrogens with one attached hydrogen (secondary N) is 1. The van der Waals surface area contributed by atoms with Gasteiger partial charge in [-0.2, -0.15) is 0 Å². The summed E-state index contributed by atoms with van der Waals surface area (Å²) >= 11 is 0. The van der Waals surface area contributed by atoms with Crippen molar-refractivity contribution in [2.75, 3.05) is 12.4 Å². The van der Waals surface area contributed by atoms with Crippen molar-refractivity contribution in [3.05, 3.63) is 29.8 Å². The fourth-order valence-corrected chi connectivity index (χ4v) is 1.01. The molecule has 1 N–H and O–H groups in total. The van der Waals surface area contributed by atoms with Crippen molar-refractivity contribution in [3.8, 4) is 11.8 Å². The van der Waals surface area contributed by atoms with Crippen LogP contribution in [0, 0.1) is 11.8 Å². The van der Waals surface area contributed by atoms with Crippen LogP contribution in [0.5, 0.6) is 0 Å². The second-order valence-electron chi connectivity index (χ2n) is 3.00. The summed E-state index contributed by atoms with van der Waals surface area (Å²) in [4.78, 5) is 21.5. The first-order chi connectivity index (χ1) is 7.61. The van der Waals surface area contributed by atoms with E-state index < -0.39 is 5.97 Å². The second-order valence-corrected chi connectivity index (χ2v) is 3.00. The van der Waals surface area contributed by atoms with Crippen LogP contribution in [-0.4, -0.2) is 19.0 Å². The van der Waals surface area contributed by atoms with E-state index in [4.69, 9.17) is 0 Å². The minimum Gasteiger partial charge on any atom is -0.459 e. The lowest BCUT2D eigenvalue weighted by atomic mass is 10.2. The maximum Gasteiger partial charge on any atom is 0.384 e. The number of anilines is 1. The summed E-state index contributed by atoms with van der Waals surface area (Å²) in [5.41, 5.74) is 1.37. The Labute approximate surface area is 93.6 Å². The third-order valence-corrected chi connectivity index (χ3v) is 1.70. The molecule has 1 amide bonds. The Morgan fingerprint density at radius 3 is 2.38 bits per heavy atom. The number of ether oxygens (including phenoxy) is 1. The predicted molar refractivity (Wildman–Crippen MR) is 59.6 cm³/mol. The van der Waals surface area contributed by atoms with E-state index in [2.05, 4.69) is 21.9 Å². The van der Waals surface area contributed by atoms with Gasteiger partial charge >= 0.3 is 5.97 Å². The summed E-state index contributed by atoms with van der Waals surface area (Å²) in [6.07, 6.45) is 0. The summed E-state index contributed by atoms with van der Waals surface area (Å²) in [7, 11) is 1.27. The first-order valence-electron chi connectivity index (χ1n) is 4.59. The topological polar surface area (TPSA) is 55.4 Å². The minimum absolute atomic E-state index is 0.131. The molecule has 16 heavy (non-hydrogen) atoms. The van der Waals surface area contributed by atoms with Gasteiger partial charge in [-0.15, -0.1) is 0 Å². The molecular formula is C12H11NO3. The summed E-state index contributed by atoms with van der Waals surface area (Å²) in [6, 6.07) is 6.84. The van der Waals surface area contributed by atoms with Gasteiger partial charge in [-0.3, -0.25) is 4.79 Å². The van der Waals surface area contributed by atoms with Crippen LogP contribution in [0.15, 0.2) is 24.3 Å². The van der Waals surface area contributed by atoms with E-state index >= 15 is 0 Å². The standard InChI is InChI=1S/C12H11NO3/c1-9(14)13-11-6-3-10(4-7-11)5-8-12(15)16-2/h3-4,6-7H,1-2H3,(H,13,14). The Morgan fingerprint density at radius 2 is 1.88 bits per heavy atom. The first kappa shape index (κ1) is 11.8. The van der Waals surface area contributed by atoms with Crippen molar-refractivity contribution in [2.24, 2.45) is 0 Å². The number of rotatable bonds is 1. The van der Waals surface area contributed by atoms with Crippen molar-refractivity contribution < 1.29 is 14.3 Å². The van der Waals surface area contributed by atoms with Gasteiger partial charge in [0.05, 0.1) is 7.11 Å². The fourth-order valence-electron chi connectivity index (χ4n) is 1.01. The van der Waals surface area contributed by atoms with Crippen LogP contribution in [0.4, 0.5) is 5.69 Å². The molecule has 0 heterocycles. The number of esters is 1. The third-order valence-electron chi connectivity index (χ3n) is 1.70. The van der Waals surface area contributed by atoms with Crippen molar-refractivity contribution in [1.29, 1.82) is 0 Å². The van der Waals surface area contributed by atoms with Crippen LogP contribution in [0.1, 0.15) is 12.5 Å². The van der Waals surface area contributed by atoms with Crippen LogP contribution in [0.2, 0.25) is 0 Å². The number of carbonyl (C=O) groups is 2. The Kier molecular flexibility index (Phi) is 4.10. The number of hydrogen-bond acceptors (Lipinski definition) is 3. The van der Waals surface area contributed by atoms with E-state index in [1.54, 1.807) is 24.3 Å². The monoisotopic (exact) mass is 217 g/mol. The SMILES string of the molecule is COC(=O)C#Cc1ccc(NC(C)=O)cc1. The summed E-state index contributed by atoms with van der Waals surface area (Å²) in [6.45, 7) is 1.44. The van der Waals surface area contributed by atoms with Crippen LogP contribution in [-0.2, 0) is 14.3 Å². The maximum absolute atomic E-state index is 10.8. The van der Waals surface area contributed by atoms with Gasteiger partial charge in [-0.1, -0.05) is 5.92 Å². The van der Waals surface area contributed by atoms with Gasteiger partial charge < -0.3 is 10.1 Å². The molecule has 0 saturated carbocycles. The van der Waals surface area contributed by atoms with E-state index in [1.807, 2.05) is 0 Å². The Morgan fingerprint density at radius 1 is 1.25 bits per heavy atom. The molecule has 0 aliphatic heterocycles. The van der Waals surface area contributed by atoms with Gasteiger partial charge in [-0.25, -0.2) is 4.79 Å². The molecule has 0 fully saturated rings. The van der Waals surface area contributed by atoms with Crippen molar-refractivity contribution in [2.45, 2.75) is 6.92 Å². The highest BCUT2D eigenvalue weighted by Crippen LogP contribution is 2.08. The largest absolute Gasteiger partial charge is 0.459 e. The zero-order valence-electron chi connectivity index (χ0n) is 9.03. The van der Waals surface area contributed by atoms with Gasteiger partial charge in [0.2, 0.25) is 5.91 Å². The normalized spacial score (nSPS) is 8.62. The van der Waals surface area contributed by atoms with E-state index in [1.165, 1.54) is 14.0 Å². The molecule has 0 bridgehead atoms. The molecular weight excluding hydrogens is 206 g/mol. The van der Waals surface area contributed by atoms with E-state index in [-0.39, 0.29) is 5.91 Å². The van der Waals surface area contributed by atoms with Crippen LogP contribution >= 0.6 is 0 Å². The Hall–Kier alpha value is -2.28. The summed E-state index contributed by atoms with van der Waals surface area (Å²) in [5, 5.41) is 2.63. The third kappa shape index (κ3) is 3.84. The highest BCUT2D eigenvalue weighted by atomic mass is 16.5. The summed E-state index contributed by atoms with van der Waals surface area (Å²) < 4.78 is 4.38. The number of methoxy groups -OCH3 is 1. The molecule has 4 heteroatoms. The Balaban J connectivity index is 2.74. The van der Waals surface area contributed by atoms with Crippen LogP contribution < -0.4 is 5.32 Å². The van der Waals surface area contributed by atoms with Gasteiger partial charge in [0.1, 0.15) is 0 Å². The molecule has 0 radical (unpaired) electrons. The number of benzene rings is 1. The van der Waals surface area contributed by atoms with Gasteiger partial charge in [-0.05, 0) is 24.3 Å². The lowest BCUT2D eigenvalue weighted by molar-refractivity contribution is -0.133. The zero-order chi connectivity index (χ0) is 12.0. The summed E-state index contributed by atoms with van der Waals surface area (Å²) in [5.74, 6) is 4.24. The average Bonchev–Trinajstić information content (AvgIpc) is 2.27. The molecule has 0 saturated heterocycles. The molecule has 0 spiro atoms. The van der Waals surface area contributed by atoms with Gasteiger partial charge in [0.15, 0.2) is 0 Å². The maximum atomic E-state index is 10.8. The van der Waals surface area contributed by atoms with E-state index in [0.717, 1.165) is 0 Å². The molecule has 0 atom stereocenters. The highest BCUT2D eigenvalue weighted by molar-refractivity contribution is 5.89. The quantitative estimate of drug-likeness (QED) is 0.567. The number of hydrogen-bond donors (Lipinski definition) is 1. The molecule has 0 aliphatic rings. The minimum atomic E-state index is -0.578. The van der Waals surface area contributed by atoms with Crippen molar-refractivity contribution in [3.63, 3.8) is 0 Å². The molecule has 0 unspecified atom stereocenters. The molecule has 1 aromatic carbocycles. The molecule has 4 nitrogen and oxygen atoms in total. The number of carbonyl (C=O) groups excluding carboxylic acids is 2. The van der Waals surface area contributed by atoms with Crippen molar-refractivity contribution in [1.82, 2.24) is 0 Å². The molecule has 1 rings (SSSR count).